The summed E-state index contributed by atoms with van der Waals surface area (Å²) >= 11 is 0. The van der Waals surface area contributed by atoms with Crippen molar-refractivity contribution in [1.82, 2.24) is 20.2 Å². The van der Waals surface area contributed by atoms with Crippen LogP contribution in [0.15, 0.2) is 24.3 Å². The summed E-state index contributed by atoms with van der Waals surface area (Å²) in [6.07, 6.45) is 0. The molecule has 19 heavy (non-hydrogen) atoms. The van der Waals surface area contributed by atoms with Crippen molar-refractivity contribution < 1.29 is 9.53 Å². The van der Waals surface area contributed by atoms with Gasteiger partial charge in [-0.25, -0.2) is 0 Å². The second-order valence-electron chi connectivity index (χ2n) is 3.95. The summed E-state index contributed by atoms with van der Waals surface area (Å²) in [6, 6.07) is 7.46. The molecule has 0 fully saturated rings. The van der Waals surface area contributed by atoms with E-state index >= 15 is 0 Å². The van der Waals surface area contributed by atoms with E-state index in [9.17, 15) is 4.79 Å². The molecule has 2 rings (SSSR count). The number of nitrogens with one attached hydrogen (secondary N) is 1. The van der Waals surface area contributed by atoms with Gasteiger partial charge in [-0.1, -0.05) is 22.8 Å². The second-order valence-corrected chi connectivity index (χ2v) is 3.95. The lowest BCUT2D eigenvalue weighted by atomic mass is 10.2. The van der Waals surface area contributed by atoms with E-state index < -0.39 is 0 Å². The summed E-state index contributed by atoms with van der Waals surface area (Å²) in [4.78, 5) is 13.0. The molecule has 1 aromatic heterocycles. The zero-order valence-corrected chi connectivity index (χ0v) is 10.8. The smallest absolute Gasteiger partial charge is 0.270 e. The average Bonchev–Trinajstić information content (AvgIpc) is 2.86. The summed E-state index contributed by atoms with van der Waals surface area (Å²) in [6.45, 7) is 4.37. The summed E-state index contributed by atoms with van der Waals surface area (Å²) < 4.78 is 5.33. The summed E-state index contributed by atoms with van der Waals surface area (Å²) in [5.41, 5.74) is 1.14. The molecule has 1 aromatic carbocycles. The van der Waals surface area contributed by atoms with Gasteiger partial charge in [0.15, 0.2) is 6.61 Å². The van der Waals surface area contributed by atoms with Gasteiger partial charge in [-0.15, -0.1) is 5.10 Å². The van der Waals surface area contributed by atoms with Crippen molar-refractivity contribution in [3.8, 4) is 5.75 Å². The molecule has 0 aliphatic heterocycles. The van der Waals surface area contributed by atoms with E-state index in [1.54, 1.807) is 0 Å². The first kappa shape index (κ1) is 13.0. The molecule has 100 valence electrons. The topological polar surface area (TPSA) is 81.9 Å². The van der Waals surface area contributed by atoms with Gasteiger partial charge in [-0.05, 0) is 31.2 Å². The zero-order chi connectivity index (χ0) is 13.7. The molecule has 7 nitrogen and oxygen atoms in total. The number of hydrogen-bond acceptors (Lipinski definition) is 5. The Kier molecular flexibility index (Phi) is 4.07. The molecular formula is C12H15N5O2. The largest absolute Gasteiger partial charge is 0.484 e. The van der Waals surface area contributed by atoms with Crippen molar-refractivity contribution >= 4 is 11.9 Å². The number of nitrogens with zero attached hydrogens (tertiary/aromatic N) is 4. The summed E-state index contributed by atoms with van der Waals surface area (Å²) in [7, 11) is 0. The van der Waals surface area contributed by atoms with Crippen LogP contribution in [0.2, 0.25) is 0 Å². The molecule has 0 saturated carbocycles. The molecule has 1 heterocycles. The van der Waals surface area contributed by atoms with Gasteiger partial charge in [0.2, 0.25) is 0 Å². The van der Waals surface area contributed by atoms with E-state index in [2.05, 4.69) is 20.7 Å². The highest BCUT2D eigenvalue weighted by atomic mass is 16.5. The quantitative estimate of drug-likeness (QED) is 0.869. The van der Waals surface area contributed by atoms with E-state index in [-0.39, 0.29) is 18.5 Å². The highest BCUT2D eigenvalue weighted by Gasteiger charge is 2.07. The Balaban J connectivity index is 1.82. The van der Waals surface area contributed by atoms with E-state index in [0.29, 0.717) is 12.3 Å². The van der Waals surface area contributed by atoms with E-state index in [1.807, 2.05) is 38.1 Å². The van der Waals surface area contributed by atoms with Crippen LogP contribution in [-0.2, 0) is 11.3 Å². The fourth-order valence-electron chi connectivity index (χ4n) is 1.37. The first-order valence-corrected chi connectivity index (χ1v) is 5.94. The number of aryl methyl sites for hydroxylation is 2. The first-order valence-electron chi connectivity index (χ1n) is 5.94. The maximum absolute atomic E-state index is 11.6. The van der Waals surface area contributed by atoms with Crippen LogP contribution in [0, 0.1) is 6.92 Å². The number of aromatic nitrogens is 4. The molecule has 0 unspecified atom stereocenters. The third kappa shape index (κ3) is 3.77. The van der Waals surface area contributed by atoms with Gasteiger partial charge in [0.05, 0.1) is 6.54 Å². The SMILES string of the molecule is CCn1nnc(NC(=O)COc2ccc(C)cc2)n1. The predicted octanol–water partition coefficient (Wildman–Crippen LogP) is 1.02. The molecule has 0 aliphatic rings. The Morgan fingerprint density at radius 3 is 2.74 bits per heavy atom. The minimum Gasteiger partial charge on any atom is -0.484 e. The second kappa shape index (κ2) is 5.94. The van der Waals surface area contributed by atoms with Gasteiger partial charge >= 0.3 is 0 Å². The van der Waals surface area contributed by atoms with Crippen LogP contribution < -0.4 is 10.1 Å². The number of tetrazole rings is 1. The monoisotopic (exact) mass is 261 g/mol. The standard InChI is InChI=1S/C12H15N5O2/c1-3-17-15-12(14-16-17)13-11(18)8-19-10-6-4-9(2)5-7-10/h4-7H,3,8H2,1-2H3,(H,13,15,18). The number of rotatable bonds is 5. The Morgan fingerprint density at radius 1 is 1.37 bits per heavy atom. The Labute approximate surface area is 110 Å². The van der Waals surface area contributed by atoms with Gasteiger partial charge in [0.25, 0.3) is 11.9 Å². The van der Waals surface area contributed by atoms with Crippen molar-refractivity contribution in [2.75, 3.05) is 11.9 Å². The number of amides is 1. The van der Waals surface area contributed by atoms with Gasteiger partial charge < -0.3 is 4.74 Å². The Hall–Kier alpha value is -2.44. The summed E-state index contributed by atoms with van der Waals surface area (Å²) in [5.74, 6) is 0.501. The number of carbonyl (C=O) groups is 1. The Morgan fingerprint density at radius 2 is 2.11 bits per heavy atom. The molecule has 1 amide bonds. The van der Waals surface area contributed by atoms with Gasteiger partial charge in [0.1, 0.15) is 5.75 Å². The number of hydrogen-bond donors (Lipinski definition) is 1. The predicted molar refractivity (Wildman–Crippen MR) is 68.8 cm³/mol. The van der Waals surface area contributed by atoms with Gasteiger partial charge in [-0.2, -0.15) is 4.80 Å². The minimum atomic E-state index is -0.323. The number of benzene rings is 1. The van der Waals surface area contributed by atoms with E-state index in [4.69, 9.17) is 4.74 Å². The van der Waals surface area contributed by atoms with Gasteiger partial charge in [-0.3, -0.25) is 10.1 Å². The first-order chi connectivity index (χ1) is 9.17. The van der Waals surface area contributed by atoms with Crippen molar-refractivity contribution in [3.63, 3.8) is 0 Å². The van der Waals surface area contributed by atoms with Crippen molar-refractivity contribution in [1.29, 1.82) is 0 Å². The van der Waals surface area contributed by atoms with Gasteiger partial charge in [0, 0.05) is 0 Å². The number of carbonyl (C=O) groups excluding carboxylic acids is 1. The normalized spacial score (nSPS) is 10.2. The molecular weight excluding hydrogens is 246 g/mol. The zero-order valence-electron chi connectivity index (χ0n) is 10.8. The van der Waals surface area contributed by atoms with Crippen molar-refractivity contribution in [3.05, 3.63) is 29.8 Å². The van der Waals surface area contributed by atoms with Crippen LogP contribution in [0.1, 0.15) is 12.5 Å². The highest BCUT2D eigenvalue weighted by molar-refractivity contribution is 5.90. The van der Waals surface area contributed by atoms with Crippen molar-refractivity contribution in [2.24, 2.45) is 0 Å². The molecule has 1 N–H and O–H groups in total. The maximum Gasteiger partial charge on any atom is 0.270 e. The number of ether oxygens (including phenoxy) is 1. The average molecular weight is 261 g/mol. The lowest BCUT2D eigenvalue weighted by Gasteiger charge is -2.05. The number of anilines is 1. The van der Waals surface area contributed by atoms with E-state index in [0.717, 1.165) is 5.56 Å². The molecule has 0 radical (unpaired) electrons. The van der Waals surface area contributed by atoms with Crippen LogP contribution >= 0.6 is 0 Å². The molecule has 0 aliphatic carbocycles. The Bertz CT molecular complexity index is 550. The molecule has 0 bridgehead atoms. The molecule has 0 saturated heterocycles. The molecule has 7 heteroatoms. The summed E-state index contributed by atoms with van der Waals surface area (Å²) in [5, 5.41) is 13.9. The third-order valence-corrected chi connectivity index (χ3v) is 2.38. The van der Waals surface area contributed by atoms with Crippen LogP contribution in [0.3, 0.4) is 0 Å². The van der Waals surface area contributed by atoms with Crippen molar-refractivity contribution in [2.45, 2.75) is 20.4 Å². The fraction of sp³-hybridized carbons (Fsp3) is 0.333. The van der Waals surface area contributed by atoms with Crippen LogP contribution in [0.4, 0.5) is 5.95 Å². The van der Waals surface area contributed by atoms with E-state index in [1.165, 1.54) is 4.80 Å². The lowest BCUT2D eigenvalue weighted by Crippen LogP contribution is -2.21. The third-order valence-electron chi connectivity index (χ3n) is 2.38. The fourth-order valence-corrected chi connectivity index (χ4v) is 1.37. The van der Waals surface area contributed by atoms with Crippen LogP contribution in [0.5, 0.6) is 5.75 Å². The molecule has 0 atom stereocenters. The van der Waals surface area contributed by atoms with Crippen LogP contribution in [0.25, 0.3) is 0 Å². The lowest BCUT2D eigenvalue weighted by molar-refractivity contribution is -0.118. The molecule has 0 spiro atoms. The minimum absolute atomic E-state index is 0.0935. The maximum atomic E-state index is 11.6. The highest BCUT2D eigenvalue weighted by Crippen LogP contribution is 2.11. The van der Waals surface area contributed by atoms with Crippen LogP contribution in [-0.4, -0.2) is 32.7 Å². The molecule has 2 aromatic rings.